The highest BCUT2D eigenvalue weighted by Gasteiger charge is 1.96. The highest BCUT2D eigenvalue weighted by Crippen LogP contribution is 2.14. The first-order valence-electron chi connectivity index (χ1n) is 3.58. The molecule has 0 saturated heterocycles. The minimum absolute atomic E-state index is 0.393. The van der Waals surface area contributed by atoms with Crippen LogP contribution in [-0.2, 0) is 4.84 Å². The highest BCUT2D eigenvalue weighted by atomic mass is 35.5. The Balaban J connectivity index is 2.58. The topological polar surface area (TPSA) is 33.3 Å². The maximum Gasteiger partial charge on any atom is 0.195 e. The van der Waals surface area contributed by atoms with E-state index in [1.807, 2.05) is 12.1 Å². The lowest BCUT2D eigenvalue weighted by molar-refractivity contribution is 0.146. The molecule has 13 heavy (non-hydrogen) atoms. The molecule has 1 aromatic carbocycles. The Labute approximate surface area is 87.0 Å². The van der Waals surface area contributed by atoms with Crippen LogP contribution in [-0.4, -0.2) is 12.2 Å². The van der Waals surface area contributed by atoms with Crippen molar-refractivity contribution in [3.8, 4) is 0 Å². The summed E-state index contributed by atoms with van der Waals surface area (Å²) in [7, 11) is 1.49. The molecule has 0 atom stereocenters. The summed E-state index contributed by atoms with van der Waals surface area (Å²) < 4.78 is 0. The second-order valence-electron chi connectivity index (χ2n) is 2.27. The van der Waals surface area contributed by atoms with E-state index in [1.165, 1.54) is 7.11 Å². The van der Waals surface area contributed by atoms with Crippen LogP contribution in [0.15, 0.2) is 24.3 Å². The van der Waals surface area contributed by atoms with Gasteiger partial charge in [0.15, 0.2) is 5.11 Å². The van der Waals surface area contributed by atoms with Crippen molar-refractivity contribution in [3.63, 3.8) is 0 Å². The van der Waals surface area contributed by atoms with Crippen molar-refractivity contribution in [2.75, 3.05) is 12.4 Å². The second kappa shape index (κ2) is 5.01. The molecule has 2 N–H and O–H groups in total. The summed E-state index contributed by atoms with van der Waals surface area (Å²) in [5.74, 6) is 0. The van der Waals surface area contributed by atoms with E-state index < -0.39 is 0 Å². The van der Waals surface area contributed by atoms with Gasteiger partial charge in [-0.1, -0.05) is 17.7 Å². The van der Waals surface area contributed by atoms with Gasteiger partial charge >= 0.3 is 0 Å². The van der Waals surface area contributed by atoms with Crippen LogP contribution >= 0.6 is 23.8 Å². The number of thiocarbonyl (C=S) groups is 1. The molecule has 3 nitrogen and oxygen atoms in total. The van der Waals surface area contributed by atoms with E-state index in [-0.39, 0.29) is 0 Å². The Bertz CT molecular complexity index is 306. The predicted molar refractivity (Wildman–Crippen MR) is 57.8 cm³/mol. The van der Waals surface area contributed by atoms with Crippen molar-refractivity contribution in [1.82, 2.24) is 5.48 Å². The highest BCUT2D eigenvalue weighted by molar-refractivity contribution is 7.80. The first-order chi connectivity index (χ1) is 6.22. The molecule has 0 saturated carbocycles. The van der Waals surface area contributed by atoms with E-state index in [0.717, 1.165) is 5.69 Å². The molecule has 0 spiro atoms. The molecule has 70 valence electrons. The third-order valence-corrected chi connectivity index (χ3v) is 1.70. The van der Waals surface area contributed by atoms with Gasteiger partial charge in [0.05, 0.1) is 7.11 Å². The van der Waals surface area contributed by atoms with Crippen molar-refractivity contribution in [1.29, 1.82) is 0 Å². The van der Waals surface area contributed by atoms with E-state index in [9.17, 15) is 0 Å². The summed E-state index contributed by atoms with van der Waals surface area (Å²) in [5.41, 5.74) is 3.31. The van der Waals surface area contributed by atoms with Gasteiger partial charge in [-0.2, -0.15) is 0 Å². The molecule has 0 amide bonds. The largest absolute Gasteiger partial charge is 0.331 e. The number of rotatable bonds is 2. The summed E-state index contributed by atoms with van der Waals surface area (Å²) in [6.45, 7) is 0. The summed E-state index contributed by atoms with van der Waals surface area (Å²) in [6, 6.07) is 7.25. The molecule has 0 fully saturated rings. The lowest BCUT2D eigenvalue weighted by Crippen LogP contribution is -2.27. The quantitative estimate of drug-likeness (QED) is 0.587. The Morgan fingerprint density at radius 2 is 2.31 bits per heavy atom. The van der Waals surface area contributed by atoms with Gasteiger partial charge in [-0.25, -0.2) is 5.48 Å². The van der Waals surface area contributed by atoms with Gasteiger partial charge in [-0.3, -0.25) is 4.84 Å². The molecule has 1 aromatic rings. The minimum atomic E-state index is 0.393. The first-order valence-corrected chi connectivity index (χ1v) is 4.36. The Kier molecular flexibility index (Phi) is 3.95. The van der Waals surface area contributed by atoms with Crippen LogP contribution in [0.25, 0.3) is 0 Å². The summed E-state index contributed by atoms with van der Waals surface area (Å²) >= 11 is 10.7. The molecule has 5 heteroatoms. The van der Waals surface area contributed by atoms with Crippen LogP contribution in [0.1, 0.15) is 0 Å². The smallest absolute Gasteiger partial charge is 0.195 e. The molecular weight excluding hydrogens is 208 g/mol. The third-order valence-electron chi connectivity index (χ3n) is 1.28. The standard InChI is InChI=1S/C8H9ClN2OS/c1-12-11-8(13)10-7-4-2-3-6(9)5-7/h2-5H,1H3,(H2,10,11,13). The maximum absolute atomic E-state index is 5.77. The molecular formula is C8H9ClN2OS. The maximum atomic E-state index is 5.77. The first kappa shape index (κ1) is 10.2. The van der Waals surface area contributed by atoms with Gasteiger partial charge in [0.2, 0.25) is 0 Å². The number of nitrogens with one attached hydrogen (secondary N) is 2. The fourth-order valence-corrected chi connectivity index (χ4v) is 1.21. The zero-order valence-electron chi connectivity index (χ0n) is 7.00. The minimum Gasteiger partial charge on any atom is -0.331 e. The van der Waals surface area contributed by atoms with E-state index in [0.29, 0.717) is 10.1 Å². The van der Waals surface area contributed by atoms with Crippen LogP contribution in [0.2, 0.25) is 5.02 Å². The lowest BCUT2D eigenvalue weighted by Gasteiger charge is -2.07. The van der Waals surface area contributed by atoms with Gasteiger partial charge in [-0.05, 0) is 30.4 Å². The second-order valence-corrected chi connectivity index (χ2v) is 3.12. The predicted octanol–water partition coefficient (Wildman–Crippen LogP) is 2.19. The lowest BCUT2D eigenvalue weighted by atomic mass is 10.3. The molecule has 0 radical (unpaired) electrons. The average molecular weight is 217 g/mol. The molecule has 0 aromatic heterocycles. The molecule has 0 unspecified atom stereocenters. The summed E-state index contributed by atoms with van der Waals surface area (Å²) in [5, 5.41) is 3.95. The number of halogens is 1. The molecule has 0 aliphatic carbocycles. The normalized spacial score (nSPS) is 9.38. The van der Waals surface area contributed by atoms with Crippen molar-refractivity contribution >= 4 is 34.6 Å². The molecule has 0 aliphatic heterocycles. The van der Waals surface area contributed by atoms with E-state index in [1.54, 1.807) is 12.1 Å². The van der Waals surface area contributed by atoms with Crippen molar-refractivity contribution in [2.45, 2.75) is 0 Å². The van der Waals surface area contributed by atoms with Gasteiger partial charge in [0, 0.05) is 10.7 Å². The van der Waals surface area contributed by atoms with Crippen LogP contribution < -0.4 is 10.8 Å². The Morgan fingerprint density at radius 3 is 2.92 bits per heavy atom. The molecule has 0 bridgehead atoms. The van der Waals surface area contributed by atoms with Crippen LogP contribution in [0, 0.1) is 0 Å². The monoisotopic (exact) mass is 216 g/mol. The SMILES string of the molecule is CONC(=S)Nc1cccc(Cl)c1. The van der Waals surface area contributed by atoms with Crippen LogP contribution in [0.5, 0.6) is 0 Å². The molecule has 1 rings (SSSR count). The van der Waals surface area contributed by atoms with E-state index >= 15 is 0 Å². The number of hydrogen-bond acceptors (Lipinski definition) is 2. The van der Waals surface area contributed by atoms with Gasteiger partial charge in [-0.15, -0.1) is 0 Å². The van der Waals surface area contributed by atoms with Crippen LogP contribution in [0.3, 0.4) is 0 Å². The third kappa shape index (κ3) is 3.59. The fraction of sp³-hybridized carbons (Fsp3) is 0.125. The van der Waals surface area contributed by atoms with Gasteiger partial charge in [0.25, 0.3) is 0 Å². The Morgan fingerprint density at radius 1 is 1.54 bits per heavy atom. The van der Waals surface area contributed by atoms with E-state index in [4.69, 9.17) is 23.8 Å². The zero-order valence-corrected chi connectivity index (χ0v) is 8.58. The van der Waals surface area contributed by atoms with Crippen molar-refractivity contribution in [2.24, 2.45) is 0 Å². The number of hydrogen-bond donors (Lipinski definition) is 2. The zero-order chi connectivity index (χ0) is 9.68. The summed E-state index contributed by atoms with van der Waals surface area (Å²) in [6.07, 6.45) is 0. The Hall–Kier alpha value is -0.840. The fourth-order valence-electron chi connectivity index (χ4n) is 0.816. The number of benzene rings is 1. The number of anilines is 1. The van der Waals surface area contributed by atoms with E-state index in [2.05, 4.69) is 15.6 Å². The van der Waals surface area contributed by atoms with Gasteiger partial charge < -0.3 is 5.32 Å². The average Bonchev–Trinajstić information content (AvgIpc) is 2.04. The van der Waals surface area contributed by atoms with Gasteiger partial charge in [0.1, 0.15) is 0 Å². The number of hydroxylamine groups is 1. The van der Waals surface area contributed by atoms with Crippen LogP contribution in [0.4, 0.5) is 5.69 Å². The summed E-state index contributed by atoms with van der Waals surface area (Å²) in [4.78, 5) is 4.62. The van der Waals surface area contributed by atoms with Crippen molar-refractivity contribution in [3.05, 3.63) is 29.3 Å². The van der Waals surface area contributed by atoms with Crippen molar-refractivity contribution < 1.29 is 4.84 Å². The molecule has 0 aliphatic rings. The molecule has 0 heterocycles.